The normalized spacial score (nSPS) is 25.3. The molecule has 0 heterocycles. The first kappa shape index (κ1) is 13.6. The van der Waals surface area contributed by atoms with Gasteiger partial charge in [0.05, 0.1) is 0 Å². The Morgan fingerprint density at radius 3 is 2.61 bits per heavy atom. The summed E-state index contributed by atoms with van der Waals surface area (Å²) >= 11 is 5.93. The first-order valence-electron chi connectivity index (χ1n) is 5.82. The van der Waals surface area contributed by atoms with E-state index in [1.807, 2.05) is 0 Å². The second-order valence-electron chi connectivity index (χ2n) is 5.20. The van der Waals surface area contributed by atoms with Crippen molar-refractivity contribution in [2.75, 3.05) is 6.54 Å². The van der Waals surface area contributed by atoms with Gasteiger partial charge in [0.2, 0.25) is 0 Å². The fourth-order valence-electron chi connectivity index (χ4n) is 2.77. The third-order valence-electron chi connectivity index (χ3n) is 3.83. The van der Waals surface area contributed by atoms with Crippen molar-refractivity contribution in [3.05, 3.63) is 28.8 Å². The van der Waals surface area contributed by atoms with Crippen LogP contribution < -0.4 is 10.5 Å². The Bertz CT molecular complexity index is 451. The van der Waals surface area contributed by atoms with Crippen LogP contribution in [0, 0.1) is 11.3 Å². The van der Waals surface area contributed by atoms with Crippen LogP contribution in [0.25, 0.3) is 0 Å². The molecule has 0 bridgehead atoms. The maximum Gasteiger partial charge on any atom is 0.387 e. The summed E-state index contributed by atoms with van der Waals surface area (Å²) in [5, 5.41) is 0.519. The van der Waals surface area contributed by atoms with Gasteiger partial charge in [-0.3, -0.25) is 0 Å². The van der Waals surface area contributed by atoms with Crippen molar-refractivity contribution in [2.24, 2.45) is 17.1 Å². The summed E-state index contributed by atoms with van der Waals surface area (Å²) in [4.78, 5) is 0. The molecule has 1 aliphatic carbocycles. The number of rotatable bonds is 4. The average molecular weight is 276 g/mol. The van der Waals surface area contributed by atoms with E-state index >= 15 is 0 Å². The van der Waals surface area contributed by atoms with E-state index < -0.39 is 6.61 Å². The SMILES string of the molecule is CC1(C)C(CN)C1c1cc(Cl)ccc1OC(F)F. The fraction of sp³-hybridized carbons (Fsp3) is 0.538. The van der Waals surface area contributed by atoms with E-state index in [0.29, 0.717) is 11.6 Å². The van der Waals surface area contributed by atoms with Crippen LogP contribution in [-0.2, 0) is 0 Å². The lowest BCUT2D eigenvalue weighted by molar-refractivity contribution is -0.0505. The van der Waals surface area contributed by atoms with Gasteiger partial charge in [-0.1, -0.05) is 25.4 Å². The highest BCUT2D eigenvalue weighted by Gasteiger charge is 2.58. The van der Waals surface area contributed by atoms with E-state index in [-0.39, 0.29) is 23.0 Å². The maximum absolute atomic E-state index is 12.4. The highest BCUT2D eigenvalue weighted by Crippen LogP contribution is 2.65. The van der Waals surface area contributed by atoms with Crippen LogP contribution in [0.1, 0.15) is 25.3 Å². The Morgan fingerprint density at radius 2 is 2.11 bits per heavy atom. The van der Waals surface area contributed by atoms with E-state index in [2.05, 4.69) is 18.6 Å². The molecule has 2 nitrogen and oxygen atoms in total. The lowest BCUT2D eigenvalue weighted by Crippen LogP contribution is -2.06. The molecular weight excluding hydrogens is 260 g/mol. The quantitative estimate of drug-likeness (QED) is 0.910. The molecule has 2 rings (SSSR count). The number of hydrogen-bond donors (Lipinski definition) is 1. The van der Waals surface area contributed by atoms with E-state index in [1.165, 1.54) is 6.07 Å². The van der Waals surface area contributed by atoms with Gasteiger partial charge in [0.1, 0.15) is 5.75 Å². The molecule has 2 unspecified atom stereocenters. The highest BCUT2D eigenvalue weighted by atomic mass is 35.5. The second kappa shape index (κ2) is 4.67. The number of hydrogen-bond acceptors (Lipinski definition) is 2. The predicted molar refractivity (Wildman–Crippen MR) is 67.2 cm³/mol. The van der Waals surface area contributed by atoms with Crippen LogP contribution in [0.4, 0.5) is 8.78 Å². The second-order valence-corrected chi connectivity index (χ2v) is 5.64. The molecule has 0 saturated heterocycles. The molecule has 1 aromatic rings. The van der Waals surface area contributed by atoms with E-state index in [9.17, 15) is 8.78 Å². The van der Waals surface area contributed by atoms with Crippen LogP contribution in [0.2, 0.25) is 5.02 Å². The summed E-state index contributed by atoms with van der Waals surface area (Å²) in [7, 11) is 0. The van der Waals surface area contributed by atoms with Crippen molar-refractivity contribution in [1.29, 1.82) is 0 Å². The molecule has 100 valence electrons. The van der Waals surface area contributed by atoms with Crippen molar-refractivity contribution in [3.63, 3.8) is 0 Å². The predicted octanol–water partition coefficient (Wildman–Crippen LogP) is 3.64. The van der Waals surface area contributed by atoms with Gasteiger partial charge in [-0.15, -0.1) is 0 Å². The third-order valence-corrected chi connectivity index (χ3v) is 4.06. The van der Waals surface area contributed by atoms with Crippen molar-refractivity contribution in [1.82, 2.24) is 0 Å². The van der Waals surface area contributed by atoms with Crippen molar-refractivity contribution < 1.29 is 13.5 Å². The van der Waals surface area contributed by atoms with Gasteiger partial charge < -0.3 is 10.5 Å². The Morgan fingerprint density at radius 1 is 1.44 bits per heavy atom. The molecule has 0 spiro atoms. The molecule has 2 atom stereocenters. The minimum Gasteiger partial charge on any atom is -0.435 e. The number of nitrogens with two attached hydrogens (primary N) is 1. The molecule has 1 saturated carbocycles. The van der Waals surface area contributed by atoms with Gasteiger partial charge in [0.25, 0.3) is 0 Å². The Kier molecular flexibility index (Phi) is 3.52. The van der Waals surface area contributed by atoms with Crippen LogP contribution >= 0.6 is 11.6 Å². The summed E-state index contributed by atoms with van der Waals surface area (Å²) in [6, 6.07) is 4.74. The first-order chi connectivity index (χ1) is 8.37. The molecule has 18 heavy (non-hydrogen) atoms. The smallest absolute Gasteiger partial charge is 0.387 e. The van der Waals surface area contributed by atoms with Gasteiger partial charge in [-0.2, -0.15) is 8.78 Å². The lowest BCUT2D eigenvalue weighted by atomic mass is 10.0. The van der Waals surface area contributed by atoms with E-state index in [1.54, 1.807) is 12.1 Å². The highest BCUT2D eigenvalue weighted by molar-refractivity contribution is 6.30. The van der Waals surface area contributed by atoms with Crippen molar-refractivity contribution in [2.45, 2.75) is 26.4 Å². The van der Waals surface area contributed by atoms with E-state index in [0.717, 1.165) is 5.56 Å². The van der Waals surface area contributed by atoms with Crippen LogP contribution in [-0.4, -0.2) is 13.2 Å². The van der Waals surface area contributed by atoms with Crippen LogP contribution in [0.15, 0.2) is 18.2 Å². The monoisotopic (exact) mass is 275 g/mol. The van der Waals surface area contributed by atoms with Gasteiger partial charge in [0, 0.05) is 5.02 Å². The maximum atomic E-state index is 12.4. The lowest BCUT2D eigenvalue weighted by Gasteiger charge is -2.12. The topological polar surface area (TPSA) is 35.2 Å². The molecule has 0 radical (unpaired) electrons. The molecule has 0 aliphatic heterocycles. The number of ether oxygens (including phenoxy) is 1. The van der Waals surface area contributed by atoms with E-state index in [4.69, 9.17) is 17.3 Å². The first-order valence-corrected chi connectivity index (χ1v) is 6.20. The van der Waals surface area contributed by atoms with Crippen LogP contribution in [0.5, 0.6) is 5.75 Å². The third kappa shape index (κ3) is 2.31. The van der Waals surface area contributed by atoms with Crippen molar-refractivity contribution >= 4 is 11.6 Å². The zero-order chi connectivity index (χ0) is 13.5. The largest absolute Gasteiger partial charge is 0.435 e. The van der Waals surface area contributed by atoms with Crippen molar-refractivity contribution in [3.8, 4) is 5.75 Å². The van der Waals surface area contributed by atoms with Gasteiger partial charge in [-0.05, 0) is 47.6 Å². The Labute approximate surface area is 110 Å². The summed E-state index contributed by atoms with van der Waals surface area (Å²) in [6.07, 6.45) is 0. The molecule has 1 aromatic carbocycles. The molecule has 2 N–H and O–H groups in total. The number of alkyl halides is 2. The molecule has 1 fully saturated rings. The van der Waals surface area contributed by atoms with Gasteiger partial charge in [-0.25, -0.2) is 0 Å². The zero-order valence-corrected chi connectivity index (χ0v) is 11.0. The summed E-state index contributed by atoms with van der Waals surface area (Å²) in [6.45, 7) is 1.84. The summed E-state index contributed by atoms with van der Waals surface area (Å²) < 4.78 is 29.3. The standard InChI is InChI=1S/C13H16ClF2NO/c1-13(2)9(6-17)11(13)8-5-7(14)3-4-10(8)18-12(15)16/h3-5,9,11-12H,6,17H2,1-2H3. The molecular formula is C13H16ClF2NO. The van der Waals surface area contributed by atoms with Gasteiger partial charge in [0.15, 0.2) is 0 Å². The zero-order valence-electron chi connectivity index (χ0n) is 10.3. The summed E-state index contributed by atoms with van der Waals surface area (Å²) in [5.41, 5.74) is 6.43. The Balaban J connectivity index is 2.35. The Hall–Kier alpha value is -0.870. The minimum atomic E-state index is -2.83. The van der Waals surface area contributed by atoms with Gasteiger partial charge >= 0.3 is 6.61 Å². The molecule has 5 heteroatoms. The molecule has 1 aliphatic rings. The number of benzene rings is 1. The average Bonchev–Trinajstić information content (AvgIpc) is 2.82. The summed E-state index contributed by atoms with van der Waals surface area (Å²) in [5.74, 6) is 0.592. The fourth-order valence-corrected chi connectivity index (χ4v) is 2.95. The minimum absolute atomic E-state index is 0.000333. The molecule has 0 amide bonds. The van der Waals surface area contributed by atoms with Crippen LogP contribution in [0.3, 0.4) is 0 Å². The number of halogens is 3. The molecule has 0 aromatic heterocycles.